The summed E-state index contributed by atoms with van der Waals surface area (Å²) in [5, 5.41) is 24.2. The second kappa shape index (κ2) is 11.6. The Hall–Kier alpha value is -3.38. The summed E-state index contributed by atoms with van der Waals surface area (Å²) in [6, 6.07) is -0.141. The lowest BCUT2D eigenvalue weighted by Crippen LogP contribution is -2.53. The molecule has 1 unspecified atom stereocenters. The Morgan fingerprint density at radius 1 is 1.25 bits per heavy atom. The van der Waals surface area contributed by atoms with Crippen LogP contribution in [0, 0.1) is 17.5 Å². The second-order valence-electron chi connectivity index (χ2n) is 10.7. The van der Waals surface area contributed by atoms with E-state index in [2.05, 4.69) is 5.32 Å². The number of nitrogens with zero attached hydrogens (tertiary/aromatic N) is 2. The SMILES string of the molecule is CCCCOc1c2n(cc(C(=O)NCc3c(F)cc(F)cc3F)c1=O)[C@@H]1CN(C2=O)[C@@H](C)CC[C@@]1(O)CC(C)O. The molecular weight excluding hydrogens is 531 g/mol. The minimum atomic E-state index is -1.49. The van der Waals surface area contributed by atoms with Crippen LogP contribution in [0.4, 0.5) is 13.2 Å². The number of carbonyl (C=O) groups excluding carboxylic acids is 2. The highest BCUT2D eigenvalue weighted by atomic mass is 19.1. The maximum absolute atomic E-state index is 14.1. The third-order valence-electron chi connectivity index (χ3n) is 7.68. The van der Waals surface area contributed by atoms with E-state index in [0.29, 0.717) is 25.0 Å². The van der Waals surface area contributed by atoms with Crippen LogP contribution in [-0.4, -0.2) is 62.4 Å². The molecule has 40 heavy (non-hydrogen) atoms. The first-order chi connectivity index (χ1) is 18.9. The number of unbranched alkanes of at least 4 members (excludes halogenated alkanes) is 1. The van der Waals surface area contributed by atoms with Gasteiger partial charge in [-0.3, -0.25) is 14.4 Å². The number of aliphatic hydroxyl groups is 2. The van der Waals surface area contributed by atoms with E-state index in [1.165, 1.54) is 11.5 Å². The molecule has 4 atom stereocenters. The van der Waals surface area contributed by atoms with Gasteiger partial charge >= 0.3 is 0 Å². The molecule has 12 heteroatoms. The number of halogens is 3. The first kappa shape index (κ1) is 29.6. The summed E-state index contributed by atoms with van der Waals surface area (Å²) in [5.41, 5.74) is -3.54. The number of fused-ring (bicyclic) bond motifs is 4. The first-order valence-electron chi connectivity index (χ1n) is 13.4. The minimum absolute atomic E-state index is 0.0192. The molecule has 218 valence electrons. The van der Waals surface area contributed by atoms with Gasteiger partial charge in [0.15, 0.2) is 11.4 Å². The molecule has 4 rings (SSSR count). The van der Waals surface area contributed by atoms with E-state index in [9.17, 15) is 37.8 Å². The molecule has 2 aliphatic rings. The summed E-state index contributed by atoms with van der Waals surface area (Å²) in [6.45, 7) is 4.76. The van der Waals surface area contributed by atoms with Gasteiger partial charge in [0.2, 0.25) is 5.43 Å². The quantitative estimate of drug-likeness (QED) is 0.402. The van der Waals surface area contributed by atoms with Crippen molar-refractivity contribution in [1.29, 1.82) is 0 Å². The Labute approximate surface area is 229 Å². The number of amides is 2. The van der Waals surface area contributed by atoms with E-state index in [0.717, 1.165) is 12.6 Å². The highest BCUT2D eigenvalue weighted by Crippen LogP contribution is 2.42. The van der Waals surface area contributed by atoms with Crippen molar-refractivity contribution >= 4 is 11.8 Å². The van der Waals surface area contributed by atoms with Crippen LogP contribution >= 0.6 is 0 Å². The first-order valence-corrected chi connectivity index (χ1v) is 13.4. The van der Waals surface area contributed by atoms with Gasteiger partial charge in [0.25, 0.3) is 11.8 Å². The third-order valence-corrected chi connectivity index (χ3v) is 7.68. The van der Waals surface area contributed by atoms with Gasteiger partial charge in [-0.05, 0) is 33.1 Å². The summed E-state index contributed by atoms with van der Waals surface area (Å²) in [7, 11) is 0. The molecule has 0 aliphatic carbocycles. The molecule has 2 aromatic rings. The average molecular weight is 566 g/mol. The topological polar surface area (TPSA) is 121 Å². The number of pyridine rings is 1. The smallest absolute Gasteiger partial charge is 0.274 e. The van der Waals surface area contributed by atoms with Gasteiger partial charge in [-0.25, -0.2) is 13.2 Å². The zero-order valence-electron chi connectivity index (χ0n) is 22.7. The highest BCUT2D eigenvalue weighted by molar-refractivity contribution is 5.99. The molecule has 3 N–H and O–H groups in total. The van der Waals surface area contributed by atoms with Crippen LogP contribution in [-0.2, 0) is 6.54 Å². The van der Waals surface area contributed by atoms with E-state index in [1.807, 2.05) is 13.8 Å². The van der Waals surface area contributed by atoms with Crippen LogP contribution < -0.4 is 15.5 Å². The van der Waals surface area contributed by atoms with Crippen LogP contribution in [0.1, 0.15) is 85.3 Å². The van der Waals surface area contributed by atoms with Crippen LogP contribution in [0.25, 0.3) is 0 Å². The molecular formula is C28H34F3N3O6. The van der Waals surface area contributed by atoms with Crippen LogP contribution in [0.5, 0.6) is 5.75 Å². The molecule has 3 heterocycles. The number of aromatic nitrogens is 1. The highest BCUT2D eigenvalue weighted by Gasteiger charge is 2.49. The molecule has 1 aromatic carbocycles. The van der Waals surface area contributed by atoms with Gasteiger partial charge in [0.05, 0.1) is 24.4 Å². The molecule has 1 fully saturated rings. The summed E-state index contributed by atoms with van der Waals surface area (Å²) in [4.78, 5) is 42.0. The molecule has 2 aliphatic heterocycles. The van der Waals surface area contributed by atoms with E-state index < -0.39 is 70.1 Å². The molecule has 1 saturated heterocycles. The largest absolute Gasteiger partial charge is 0.487 e. The fourth-order valence-electron chi connectivity index (χ4n) is 5.51. The van der Waals surface area contributed by atoms with Crippen molar-refractivity contribution in [3.05, 3.63) is 62.8 Å². The number of ether oxygens (including phenoxy) is 1. The lowest BCUT2D eigenvalue weighted by Gasteiger charge is -2.43. The van der Waals surface area contributed by atoms with Gasteiger partial charge < -0.3 is 29.7 Å². The average Bonchev–Trinajstić information content (AvgIpc) is 2.97. The molecule has 0 spiro atoms. The van der Waals surface area contributed by atoms with Crippen LogP contribution in [0.3, 0.4) is 0 Å². The molecule has 0 radical (unpaired) electrons. The third kappa shape index (κ3) is 5.60. The van der Waals surface area contributed by atoms with Crippen molar-refractivity contribution in [3.63, 3.8) is 0 Å². The lowest BCUT2D eigenvalue weighted by atomic mass is 9.83. The minimum Gasteiger partial charge on any atom is -0.487 e. The summed E-state index contributed by atoms with van der Waals surface area (Å²) >= 11 is 0. The number of benzene rings is 1. The van der Waals surface area contributed by atoms with Gasteiger partial charge in [0.1, 0.15) is 23.0 Å². The monoisotopic (exact) mass is 565 g/mol. The molecule has 9 nitrogen and oxygen atoms in total. The molecule has 2 amide bonds. The summed E-state index contributed by atoms with van der Waals surface area (Å²) in [5.74, 6) is -5.37. The second-order valence-corrected chi connectivity index (χ2v) is 10.7. The number of hydrogen-bond acceptors (Lipinski definition) is 6. The van der Waals surface area contributed by atoms with Crippen molar-refractivity contribution in [1.82, 2.24) is 14.8 Å². The predicted molar refractivity (Wildman–Crippen MR) is 139 cm³/mol. The fraction of sp³-hybridized carbons (Fsp3) is 0.536. The fourth-order valence-corrected chi connectivity index (χ4v) is 5.51. The molecule has 0 saturated carbocycles. The van der Waals surface area contributed by atoms with Crippen LogP contribution in [0.15, 0.2) is 23.1 Å². The normalized spacial score (nSPS) is 22.9. The standard InChI is InChI=1S/C28H34F3N3O6/c1-4-5-8-40-25-23-27(38)33-14-22(28(39,11-16(3)35)7-6-15(33)2)34(23)13-19(24(25)36)26(37)32-12-18-20(30)9-17(29)10-21(18)31/h9-10,13,15-16,22,35,39H,4-8,11-12,14H2,1-3H3,(H,32,37)/t15-,16?,22+,28+/m0/s1. The van der Waals surface area contributed by atoms with Gasteiger partial charge in [0, 0.05) is 49.4 Å². The van der Waals surface area contributed by atoms with Gasteiger partial charge in [-0.1, -0.05) is 13.3 Å². The van der Waals surface area contributed by atoms with Crippen molar-refractivity contribution in [2.45, 2.75) is 83.2 Å². The Morgan fingerprint density at radius 3 is 2.55 bits per heavy atom. The Balaban J connectivity index is 1.82. The zero-order chi connectivity index (χ0) is 29.4. The van der Waals surface area contributed by atoms with Gasteiger partial charge in [-0.2, -0.15) is 0 Å². The Morgan fingerprint density at radius 2 is 1.93 bits per heavy atom. The van der Waals surface area contributed by atoms with Crippen LogP contribution in [0.2, 0.25) is 0 Å². The molecule has 1 aromatic heterocycles. The Bertz CT molecular complexity index is 1340. The maximum Gasteiger partial charge on any atom is 0.274 e. The van der Waals surface area contributed by atoms with Crippen molar-refractivity contribution < 1.29 is 37.7 Å². The van der Waals surface area contributed by atoms with E-state index in [4.69, 9.17) is 4.74 Å². The number of aliphatic hydroxyl groups excluding tert-OH is 1. The van der Waals surface area contributed by atoms with E-state index in [-0.39, 0.29) is 43.5 Å². The Kier molecular flexibility index (Phi) is 8.60. The number of carbonyl (C=O) groups is 2. The molecule has 2 bridgehead atoms. The number of rotatable bonds is 9. The van der Waals surface area contributed by atoms with Crippen molar-refractivity contribution in [2.75, 3.05) is 13.2 Å². The summed E-state index contributed by atoms with van der Waals surface area (Å²) in [6.07, 6.45) is 2.23. The van der Waals surface area contributed by atoms with Crippen molar-refractivity contribution in [3.8, 4) is 5.75 Å². The summed E-state index contributed by atoms with van der Waals surface area (Å²) < 4.78 is 48.7. The van der Waals surface area contributed by atoms with E-state index in [1.54, 1.807) is 4.90 Å². The number of nitrogens with one attached hydrogen (secondary N) is 1. The van der Waals surface area contributed by atoms with E-state index >= 15 is 0 Å². The number of hydrogen-bond donors (Lipinski definition) is 3. The van der Waals surface area contributed by atoms with Crippen molar-refractivity contribution in [2.24, 2.45) is 0 Å². The van der Waals surface area contributed by atoms with Gasteiger partial charge in [-0.15, -0.1) is 0 Å². The zero-order valence-corrected chi connectivity index (χ0v) is 22.7. The lowest BCUT2D eigenvalue weighted by molar-refractivity contribution is -0.0553. The predicted octanol–water partition coefficient (Wildman–Crippen LogP) is 3.06. The maximum atomic E-state index is 14.1.